The average Bonchev–Trinajstić information content (AvgIpc) is 2.70. The number of benzene rings is 2. The number of hydrogen-bond donors (Lipinski definition) is 2. The highest BCUT2D eigenvalue weighted by Crippen LogP contribution is 2.23. The van der Waals surface area contributed by atoms with Gasteiger partial charge in [-0.1, -0.05) is 42.5 Å². The second kappa shape index (κ2) is 7.53. The molecule has 138 valence electrons. The second-order valence-corrected chi connectivity index (χ2v) is 6.56. The molecular formula is C21H21FN4O. The minimum Gasteiger partial charge on any atom is -0.504 e. The Balaban J connectivity index is 1.51. The first kappa shape index (κ1) is 17.1. The predicted octanol–water partition coefficient (Wildman–Crippen LogP) is 3.34. The van der Waals surface area contributed by atoms with Gasteiger partial charge in [0.05, 0.1) is 6.54 Å². The molecule has 0 aliphatic carbocycles. The minimum absolute atomic E-state index is 0.178. The molecule has 0 fully saturated rings. The molecule has 2 heterocycles. The smallest absolute Gasteiger partial charge is 0.203 e. The molecule has 0 unspecified atom stereocenters. The zero-order valence-electron chi connectivity index (χ0n) is 14.8. The number of fused-ring (bicyclic) bond motifs is 1. The van der Waals surface area contributed by atoms with Crippen molar-refractivity contribution in [1.29, 1.82) is 0 Å². The maximum Gasteiger partial charge on any atom is 0.203 e. The van der Waals surface area contributed by atoms with Gasteiger partial charge in [-0.25, -0.2) is 9.38 Å². The molecule has 2 aliphatic rings. The van der Waals surface area contributed by atoms with Gasteiger partial charge in [0.15, 0.2) is 5.76 Å². The zero-order valence-corrected chi connectivity index (χ0v) is 14.8. The molecule has 2 aromatic carbocycles. The monoisotopic (exact) mass is 364 g/mol. The summed E-state index contributed by atoms with van der Waals surface area (Å²) in [6.45, 7) is 2.71. The first-order valence-corrected chi connectivity index (χ1v) is 8.91. The summed E-state index contributed by atoms with van der Waals surface area (Å²) >= 11 is 0. The molecule has 0 aromatic heterocycles. The number of hydrogen-bond acceptors (Lipinski definition) is 3. The Morgan fingerprint density at radius 1 is 1.00 bits per heavy atom. The first-order chi connectivity index (χ1) is 13.2. The first-order valence-electron chi connectivity index (χ1n) is 8.91. The largest absolute Gasteiger partial charge is 0.504 e. The Kier molecular flexibility index (Phi) is 4.78. The van der Waals surface area contributed by atoms with Crippen LogP contribution in [-0.2, 0) is 13.1 Å². The molecule has 2 N–H and O–H groups in total. The molecule has 0 saturated carbocycles. The summed E-state index contributed by atoms with van der Waals surface area (Å²) in [5.41, 5.74) is 2.87. The Hall–Kier alpha value is -3.28. The highest BCUT2D eigenvalue weighted by atomic mass is 19.1. The van der Waals surface area contributed by atoms with Gasteiger partial charge in [0.25, 0.3) is 0 Å². The molecule has 0 saturated heterocycles. The van der Waals surface area contributed by atoms with Crippen molar-refractivity contribution in [3.63, 3.8) is 0 Å². The molecule has 0 spiro atoms. The third-order valence-corrected chi connectivity index (χ3v) is 4.62. The van der Waals surface area contributed by atoms with Crippen molar-refractivity contribution in [3.8, 4) is 0 Å². The summed E-state index contributed by atoms with van der Waals surface area (Å²) in [6, 6.07) is 16.6. The lowest BCUT2D eigenvalue weighted by molar-refractivity contribution is 0.267. The van der Waals surface area contributed by atoms with Crippen LogP contribution >= 0.6 is 0 Å². The van der Waals surface area contributed by atoms with E-state index in [1.54, 1.807) is 18.3 Å². The molecular weight excluding hydrogens is 343 g/mol. The van der Waals surface area contributed by atoms with Crippen LogP contribution in [0.15, 0.2) is 83.4 Å². The number of aliphatic hydroxyl groups is 1. The van der Waals surface area contributed by atoms with Crippen LogP contribution in [0.3, 0.4) is 0 Å². The number of halogens is 1. The second-order valence-electron chi connectivity index (χ2n) is 6.56. The summed E-state index contributed by atoms with van der Waals surface area (Å²) in [5.74, 6) is 0.668. The fraction of sp³-hybridized carbons (Fsp3) is 0.190. The van der Waals surface area contributed by atoms with Crippen LogP contribution in [0.1, 0.15) is 11.1 Å². The van der Waals surface area contributed by atoms with Gasteiger partial charge in [-0.15, -0.1) is 0 Å². The third kappa shape index (κ3) is 3.95. The number of guanidine groups is 1. The predicted molar refractivity (Wildman–Crippen MR) is 103 cm³/mol. The highest BCUT2D eigenvalue weighted by Gasteiger charge is 2.27. The van der Waals surface area contributed by atoms with Gasteiger partial charge in [-0.2, -0.15) is 0 Å². The van der Waals surface area contributed by atoms with Gasteiger partial charge in [-0.3, -0.25) is 0 Å². The molecule has 0 amide bonds. The molecule has 0 atom stereocenters. The van der Waals surface area contributed by atoms with Crippen LogP contribution in [-0.4, -0.2) is 34.0 Å². The zero-order chi connectivity index (χ0) is 18.6. The van der Waals surface area contributed by atoms with E-state index in [1.165, 1.54) is 12.1 Å². The maximum atomic E-state index is 13.1. The summed E-state index contributed by atoms with van der Waals surface area (Å²) < 4.78 is 13.1. The van der Waals surface area contributed by atoms with E-state index < -0.39 is 0 Å². The summed E-state index contributed by atoms with van der Waals surface area (Å²) in [5, 5.41) is 13.4. The van der Waals surface area contributed by atoms with Crippen molar-refractivity contribution in [3.05, 3.63) is 95.4 Å². The van der Waals surface area contributed by atoms with Gasteiger partial charge in [0.2, 0.25) is 5.96 Å². The molecule has 0 bridgehead atoms. The van der Waals surface area contributed by atoms with Crippen molar-refractivity contribution < 1.29 is 9.50 Å². The molecule has 2 aromatic rings. The van der Waals surface area contributed by atoms with Gasteiger partial charge < -0.3 is 20.2 Å². The van der Waals surface area contributed by atoms with Crippen molar-refractivity contribution in [2.45, 2.75) is 13.1 Å². The Bertz CT molecular complexity index is 890. The summed E-state index contributed by atoms with van der Waals surface area (Å²) in [4.78, 5) is 8.77. The van der Waals surface area contributed by atoms with E-state index in [4.69, 9.17) is 0 Å². The Morgan fingerprint density at radius 3 is 2.56 bits per heavy atom. The quantitative estimate of drug-likeness (QED) is 0.874. The number of rotatable bonds is 4. The number of nitrogens with zero attached hydrogens (tertiary/aromatic N) is 3. The van der Waals surface area contributed by atoms with Crippen molar-refractivity contribution in [2.24, 2.45) is 4.99 Å². The van der Waals surface area contributed by atoms with Crippen molar-refractivity contribution in [1.82, 2.24) is 15.1 Å². The number of aliphatic hydroxyl groups excluding tert-OH is 1. The van der Waals surface area contributed by atoms with Crippen LogP contribution in [0.2, 0.25) is 0 Å². The van der Waals surface area contributed by atoms with Crippen LogP contribution in [0.25, 0.3) is 0 Å². The van der Waals surface area contributed by atoms with E-state index in [-0.39, 0.29) is 11.6 Å². The minimum atomic E-state index is -0.236. The highest BCUT2D eigenvalue weighted by molar-refractivity contribution is 5.85. The molecule has 2 aliphatic heterocycles. The Morgan fingerprint density at radius 2 is 1.78 bits per heavy atom. The van der Waals surface area contributed by atoms with Crippen molar-refractivity contribution >= 4 is 5.96 Å². The maximum absolute atomic E-state index is 13.1. The van der Waals surface area contributed by atoms with Gasteiger partial charge in [-0.05, 0) is 23.3 Å². The summed E-state index contributed by atoms with van der Waals surface area (Å²) in [6.07, 6.45) is 3.49. The topological polar surface area (TPSA) is 51.1 Å². The van der Waals surface area contributed by atoms with Crippen LogP contribution in [0, 0.1) is 5.82 Å². The third-order valence-electron chi connectivity index (χ3n) is 4.62. The van der Waals surface area contributed by atoms with E-state index in [0.717, 1.165) is 23.6 Å². The van der Waals surface area contributed by atoms with Crippen LogP contribution in [0.5, 0.6) is 0 Å². The lowest BCUT2D eigenvalue weighted by atomic mass is 10.2. The van der Waals surface area contributed by atoms with Gasteiger partial charge in [0.1, 0.15) is 11.5 Å². The lowest BCUT2D eigenvalue weighted by Gasteiger charge is -2.38. The van der Waals surface area contributed by atoms with E-state index in [2.05, 4.69) is 15.2 Å². The van der Waals surface area contributed by atoms with Crippen LogP contribution < -0.4 is 5.32 Å². The van der Waals surface area contributed by atoms with Gasteiger partial charge in [0, 0.05) is 32.0 Å². The molecule has 4 rings (SSSR count). The van der Waals surface area contributed by atoms with E-state index in [1.807, 2.05) is 41.4 Å². The van der Waals surface area contributed by atoms with Crippen molar-refractivity contribution in [2.75, 3.05) is 13.1 Å². The number of nitrogens with one attached hydrogen (secondary N) is 1. The Labute approximate surface area is 157 Å². The fourth-order valence-corrected chi connectivity index (χ4v) is 3.19. The van der Waals surface area contributed by atoms with E-state index in [0.29, 0.717) is 25.3 Å². The van der Waals surface area contributed by atoms with Crippen LogP contribution in [0.4, 0.5) is 4.39 Å². The molecule has 27 heavy (non-hydrogen) atoms. The standard InChI is InChI=1S/C21H21FN4O/c22-18-8-6-17(7-9-18)14-25-10-11-26-19(15-25)20(27)13-24-21(26)23-12-16-4-2-1-3-5-16/h1-9,13,15,27H,10-12,14H2,(H,23,24). The fourth-order valence-electron chi connectivity index (χ4n) is 3.19. The number of aliphatic imine (C=N–C) groups is 1. The SMILES string of the molecule is OC1=CNC(=NCc2ccccc2)N2CCN(Cc3ccc(F)cc3)C=C12. The lowest BCUT2D eigenvalue weighted by Crippen LogP contribution is -2.48. The average molecular weight is 364 g/mol. The molecule has 6 heteroatoms. The summed E-state index contributed by atoms with van der Waals surface area (Å²) in [7, 11) is 0. The molecule has 5 nitrogen and oxygen atoms in total. The van der Waals surface area contributed by atoms with Gasteiger partial charge >= 0.3 is 0 Å². The van der Waals surface area contributed by atoms with E-state index in [9.17, 15) is 9.50 Å². The molecule has 0 radical (unpaired) electrons. The normalized spacial score (nSPS) is 17.9. The van der Waals surface area contributed by atoms with E-state index >= 15 is 0 Å².